The minimum atomic E-state index is -0.740. The number of nitrogens with one attached hydrogen (secondary N) is 1. The number of aliphatic hydroxyl groups is 1. The number of aromatic nitrogens is 1. The first-order valence-electron chi connectivity index (χ1n) is 14.0. The van der Waals surface area contributed by atoms with Crippen molar-refractivity contribution < 1.29 is 19.8 Å². The van der Waals surface area contributed by atoms with E-state index >= 15 is 0 Å². The molecule has 5 saturated carbocycles. The Bertz CT molecular complexity index is 997. The SMILES string of the molecule is O=C(O)CC1CCCN(c2ccc(C(=O)NC3C4CC5CC3CC(O)(C5)C4)c(SC3CCCC3)n2)C1. The lowest BCUT2D eigenvalue weighted by Gasteiger charge is -2.58. The van der Waals surface area contributed by atoms with Gasteiger partial charge in [0, 0.05) is 30.8 Å². The van der Waals surface area contributed by atoms with Crippen LogP contribution in [-0.2, 0) is 4.79 Å². The number of carbonyl (C=O) groups excluding carboxylic acids is 1. The number of amides is 1. The number of carbonyl (C=O) groups is 2. The van der Waals surface area contributed by atoms with Crippen LogP contribution in [0.4, 0.5) is 5.82 Å². The molecule has 3 atom stereocenters. The van der Waals surface area contributed by atoms with E-state index in [9.17, 15) is 19.8 Å². The summed E-state index contributed by atoms with van der Waals surface area (Å²) < 4.78 is 0. The van der Waals surface area contributed by atoms with Crippen LogP contribution < -0.4 is 10.2 Å². The summed E-state index contributed by atoms with van der Waals surface area (Å²) in [6, 6.07) is 4.05. The average molecular weight is 514 g/mol. The third kappa shape index (κ3) is 5.00. The number of pyridine rings is 1. The zero-order valence-corrected chi connectivity index (χ0v) is 21.8. The second-order valence-electron chi connectivity index (χ2n) is 12.3. The summed E-state index contributed by atoms with van der Waals surface area (Å²) >= 11 is 1.75. The summed E-state index contributed by atoms with van der Waals surface area (Å²) in [4.78, 5) is 32.2. The largest absolute Gasteiger partial charge is 0.481 e. The Morgan fingerprint density at radius 1 is 1.08 bits per heavy atom. The van der Waals surface area contributed by atoms with Crippen LogP contribution in [0.5, 0.6) is 0 Å². The van der Waals surface area contributed by atoms with E-state index in [2.05, 4.69) is 10.2 Å². The van der Waals surface area contributed by atoms with Gasteiger partial charge < -0.3 is 20.4 Å². The van der Waals surface area contributed by atoms with Gasteiger partial charge in [-0.05, 0) is 93.6 Å². The summed E-state index contributed by atoms with van der Waals surface area (Å²) in [5.74, 6) is 1.60. The standard InChI is InChI=1S/C28H39N3O4S/c32-24(33)12-17-4-3-9-31(16-17)23-8-7-22(27(29-23)36-21-5-1-2-6-21)26(34)30-25-19-10-18-11-20(25)15-28(35,13-18)14-19/h7-8,17-21,25,35H,1-6,9-16H2,(H,30,34)(H,32,33). The number of rotatable bonds is 7. The quantitative estimate of drug-likeness (QED) is 0.494. The van der Waals surface area contributed by atoms with Crippen LogP contribution in [0, 0.1) is 23.7 Å². The topological polar surface area (TPSA) is 103 Å². The minimum Gasteiger partial charge on any atom is -0.481 e. The number of carboxylic acid groups (broad SMARTS) is 1. The van der Waals surface area contributed by atoms with Crippen molar-refractivity contribution in [3.8, 4) is 0 Å². The van der Waals surface area contributed by atoms with Gasteiger partial charge in [0.15, 0.2) is 0 Å². The molecule has 1 saturated heterocycles. The van der Waals surface area contributed by atoms with Crippen molar-refractivity contribution >= 4 is 29.5 Å². The van der Waals surface area contributed by atoms with E-state index in [-0.39, 0.29) is 24.3 Å². The number of hydrogen-bond donors (Lipinski definition) is 3. The van der Waals surface area contributed by atoms with E-state index in [4.69, 9.17) is 4.98 Å². The first-order valence-corrected chi connectivity index (χ1v) is 14.9. The molecule has 7 nitrogen and oxygen atoms in total. The van der Waals surface area contributed by atoms with Gasteiger partial charge in [0.25, 0.3) is 5.91 Å². The maximum Gasteiger partial charge on any atom is 0.303 e. The van der Waals surface area contributed by atoms with Crippen LogP contribution in [0.15, 0.2) is 17.2 Å². The predicted octanol–water partition coefficient (Wildman–Crippen LogP) is 4.48. The summed E-state index contributed by atoms with van der Waals surface area (Å²) in [6.07, 6.45) is 11.7. The Hall–Kier alpha value is -1.80. The van der Waals surface area contributed by atoms with Gasteiger partial charge >= 0.3 is 5.97 Å². The van der Waals surface area contributed by atoms with E-state index in [1.165, 1.54) is 12.8 Å². The molecule has 4 bridgehead atoms. The number of nitrogens with zero attached hydrogens (tertiary/aromatic N) is 2. The fourth-order valence-electron chi connectivity index (χ4n) is 8.17. The van der Waals surface area contributed by atoms with Crippen molar-refractivity contribution in [2.45, 2.75) is 99.0 Å². The van der Waals surface area contributed by atoms with Crippen molar-refractivity contribution in [3.63, 3.8) is 0 Å². The zero-order chi connectivity index (χ0) is 24.9. The van der Waals surface area contributed by atoms with Gasteiger partial charge in [-0.1, -0.05) is 12.8 Å². The highest BCUT2D eigenvalue weighted by atomic mass is 32.2. The summed E-state index contributed by atoms with van der Waals surface area (Å²) in [6.45, 7) is 1.57. The average Bonchev–Trinajstić information content (AvgIpc) is 3.33. The highest BCUT2D eigenvalue weighted by Gasteiger charge is 2.55. The first kappa shape index (κ1) is 24.5. The molecule has 6 fully saturated rings. The smallest absolute Gasteiger partial charge is 0.303 e. The Balaban J connectivity index is 1.21. The van der Waals surface area contributed by atoms with Crippen LogP contribution in [0.1, 0.15) is 87.4 Å². The fourth-order valence-corrected chi connectivity index (χ4v) is 9.49. The third-order valence-electron chi connectivity index (χ3n) is 9.52. The molecule has 0 radical (unpaired) electrons. The van der Waals surface area contributed by atoms with E-state index in [0.29, 0.717) is 35.1 Å². The molecule has 3 unspecified atom stereocenters. The van der Waals surface area contributed by atoms with Gasteiger partial charge in [0.2, 0.25) is 0 Å². The van der Waals surface area contributed by atoms with Crippen molar-refractivity contribution in [1.82, 2.24) is 10.3 Å². The molecule has 1 aromatic heterocycles. The lowest BCUT2D eigenvalue weighted by molar-refractivity contribution is -0.138. The molecule has 36 heavy (non-hydrogen) atoms. The predicted molar refractivity (Wildman–Crippen MR) is 139 cm³/mol. The molecule has 0 aromatic carbocycles. The van der Waals surface area contributed by atoms with Gasteiger partial charge in [0.05, 0.1) is 11.2 Å². The normalized spacial score (nSPS) is 35.8. The molecular weight excluding hydrogens is 474 g/mol. The molecule has 0 spiro atoms. The maximum atomic E-state index is 13.7. The van der Waals surface area contributed by atoms with E-state index in [1.807, 2.05) is 12.1 Å². The summed E-state index contributed by atoms with van der Waals surface area (Å²) in [7, 11) is 0. The number of hydrogen-bond acceptors (Lipinski definition) is 6. The van der Waals surface area contributed by atoms with Gasteiger partial charge in [-0.25, -0.2) is 4.98 Å². The van der Waals surface area contributed by atoms with Crippen LogP contribution in [0.25, 0.3) is 0 Å². The Morgan fingerprint density at radius 2 is 1.83 bits per heavy atom. The summed E-state index contributed by atoms with van der Waals surface area (Å²) in [5.41, 5.74) is 0.166. The molecular formula is C28H39N3O4S. The third-order valence-corrected chi connectivity index (χ3v) is 10.9. The fraction of sp³-hybridized carbons (Fsp3) is 0.750. The van der Waals surface area contributed by atoms with Crippen molar-refractivity contribution in [1.29, 1.82) is 0 Å². The van der Waals surface area contributed by atoms with Gasteiger partial charge in [0.1, 0.15) is 10.8 Å². The first-order chi connectivity index (χ1) is 17.3. The van der Waals surface area contributed by atoms with Gasteiger partial charge in [-0.2, -0.15) is 0 Å². The maximum absolute atomic E-state index is 13.7. The second-order valence-corrected chi connectivity index (χ2v) is 13.6. The second kappa shape index (κ2) is 9.82. The minimum absolute atomic E-state index is 0.0265. The number of piperidine rings is 1. The molecule has 1 amide bonds. The van der Waals surface area contributed by atoms with Gasteiger partial charge in [-0.3, -0.25) is 9.59 Å². The summed E-state index contributed by atoms with van der Waals surface area (Å²) in [5, 5.41) is 24.9. The molecule has 3 N–H and O–H groups in total. The molecule has 196 valence electrons. The van der Waals surface area contributed by atoms with E-state index < -0.39 is 11.6 Å². The number of thioether (sulfide) groups is 1. The van der Waals surface area contributed by atoms with Crippen LogP contribution in [0.3, 0.4) is 0 Å². The number of anilines is 1. The van der Waals surface area contributed by atoms with Crippen molar-refractivity contribution in [2.75, 3.05) is 18.0 Å². The lowest BCUT2D eigenvalue weighted by Crippen LogP contribution is -2.61. The van der Waals surface area contributed by atoms with Gasteiger partial charge in [-0.15, -0.1) is 11.8 Å². The van der Waals surface area contributed by atoms with Crippen LogP contribution in [-0.4, -0.2) is 57.1 Å². The molecule has 5 aliphatic carbocycles. The highest BCUT2D eigenvalue weighted by molar-refractivity contribution is 7.99. The number of aliphatic carboxylic acids is 1. The van der Waals surface area contributed by atoms with Crippen LogP contribution in [0.2, 0.25) is 0 Å². The van der Waals surface area contributed by atoms with E-state index in [1.54, 1.807) is 11.8 Å². The monoisotopic (exact) mass is 513 g/mol. The van der Waals surface area contributed by atoms with E-state index in [0.717, 1.165) is 75.2 Å². The molecule has 1 aromatic rings. The highest BCUT2D eigenvalue weighted by Crippen LogP contribution is 2.55. The van der Waals surface area contributed by atoms with Crippen molar-refractivity contribution in [2.24, 2.45) is 23.7 Å². The Kier molecular flexibility index (Phi) is 6.69. The molecule has 6 aliphatic rings. The Labute approximate surface area is 217 Å². The zero-order valence-electron chi connectivity index (χ0n) is 21.0. The van der Waals surface area contributed by atoms with Crippen molar-refractivity contribution in [3.05, 3.63) is 17.7 Å². The Morgan fingerprint density at radius 3 is 2.53 bits per heavy atom. The number of carboxylic acids is 1. The molecule has 8 heteroatoms. The molecule has 1 aliphatic heterocycles. The van der Waals surface area contributed by atoms with Crippen LogP contribution >= 0.6 is 11.8 Å². The molecule has 7 rings (SSSR count). The lowest BCUT2D eigenvalue weighted by atomic mass is 9.52. The molecule has 2 heterocycles.